The van der Waals surface area contributed by atoms with E-state index >= 15 is 0 Å². The van der Waals surface area contributed by atoms with Crippen LogP contribution >= 0.6 is 0 Å². The van der Waals surface area contributed by atoms with E-state index in [2.05, 4.69) is 5.92 Å². The Labute approximate surface area is 147 Å². The summed E-state index contributed by atoms with van der Waals surface area (Å²) in [5.74, 6) is 3.55. The van der Waals surface area contributed by atoms with E-state index < -0.39 is 0 Å². The number of rotatable bonds is 3. The minimum absolute atomic E-state index is 0.0366. The van der Waals surface area contributed by atoms with E-state index in [1.54, 1.807) is 13.0 Å². The molecule has 0 aliphatic carbocycles. The summed E-state index contributed by atoms with van der Waals surface area (Å²) in [5, 5.41) is 0.942. The first-order valence-electron chi connectivity index (χ1n) is 8.25. The van der Waals surface area contributed by atoms with Gasteiger partial charge in [0.2, 0.25) is 5.75 Å². The van der Waals surface area contributed by atoms with Gasteiger partial charge in [0.15, 0.2) is 16.6 Å². The van der Waals surface area contributed by atoms with Gasteiger partial charge in [-0.25, -0.2) is 0 Å². The van der Waals surface area contributed by atoms with E-state index in [1.165, 1.54) is 19.4 Å². The van der Waals surface area contributed by atoms with E-state index in [-0.39, 0.29) is 17.6 Å². The van der Waals surface area contributed by atoms with Crippen LogP contribution in [-0.4, -0.2) is 13.7 Å². The average Bonchev–Trinajstić information content (AvgIpc) is 3.11. The zero-order chi connectivity index (χ0) is 19.0. The third-order valence-electron chi connectivity index (χ3n) is 3.12. The summed E-state index contributed by atoms with van der Waals surface area (Å²) >= 11 is 0. The van der Waals surface area contributed by atoms with E-state index in [0.29, 0.717) is 33.6 Å². The molecule has 5 heteroatoms. The van der Waals surface area contributed by atoms with Crippen LogP contribution in [0.1, 0.15) is 33.5 Å². The molecule has 0 radical (unpaired) electrons. The molecule has 5 nitrogen and oxygen atoms in total. The van der Waals surface area contributed by atoms with Crippen LogP contribution in [0, 0.1) is 19.3 Å². The number of benzene rings is 1. The molecule has 0 aliphatic rings. The minimum Gasteiger partial charge on any atom is -0.495 e. The number of furan rings is 1. The van der Waals surface area contributed by atoms with E-state index in [1.807, 2.05) is 27.7 Å². The van der Waals surface area contributed by atoms with Gasteiger partial charge in [0.25, 0.3) is 0 Å². The lowest BCUT2D eigenvalue weighted by Gasteiger charge is -2.11. The SMILES string of the molecule is C#CCOc1c2occc2c(OC)c2c(=O)cc(C)oc12.CC.CC. The first kappa shape index (κ1) is 20.2. The van der Waals surface area contributed by atoms with Gasteiger partial charge in [0, 0.05) is 6.07 Å². The number of aryl methyl sites for hydroxylation is 1. The Morgan fingerprint density at radius 1 is 1.16 bits per heavy atom. The lowest BCUT2D eigenvalue weighted by molar-refractivity contribution is 0.362. The maximum atomic E-state index is 12.3. The van der Waals surface area contributed by atoms with Crippen molar-refractivity contribution < 1.29 is 18.3 Å². The lowest BCUT2D eigenvalue weighted by Crippen LogP contribution is -2.05. The van der Waals surface area contributed by atoms with Crippen LogP contribution in [0.2, 0.25) is 0 Å². The van der Waals surface area contributed by atoms with Crippen LogP contribution in [0.4, 0.5) is 0 Å². The molecule has 0 saturated carbocycles. The molecular formula is C20H24O5. The highest BCUT2D eigenvalue weighted by molar-refractivity contribution is 6.06. The Balaban J connectivity index is 0.000000730. The first-order valence-corrected chi connectivity index (χ1v) is 8.25. The van der Waals surface area contributed by atoms with Gasteiger partial charge in [-0.3, -0.25) is 4.79 Å². The van der Waals surface area contributed by atoms with Gasteiger partial charge in [0.1, 0.15) is 23.5 Å². The van der Waals surface area contributed by atoms with Crippen molar-refractivity contribution in [3.8, 4) is 23.8 Å². The second kappa shape index (κ2) is 9.43. The van der Waals surface area contributed by atoms with Crippen LogP contribution in [0.5, 0.6) is 11.5 Å². The number of methoxy groups -OCH3 is 1. The third kappa shape index (κ3) is 3.80. The third-order valence-corrected chi connectivity index (χ3v) is 3.12. The Hall–Kier alpha value is -2.87. The van der Waals surface area contributed by atoms with Gasteiger partial charge >= 0.3 is 0 Å². The Kier molecular flexibility index (Phi) is 7.61. The molecule has 3 aromatic rings. The van der Waals surface area contributed by atoms with Crippen molar-refractivity contribution >= 4 is 21.9 Å². The van der Waals surface area contributed by atoms with E-state index in [4.69, 9.17) is 24.7 Å². The van der Waals surface area contributed by atoms with E-state index in [9.17, 15) is 4.79 Å². The molecule has 2 aromatic heterocycles. The standard InChI is InChI=1S/C16H12O5.2C2H6/c1-4-6-19-16-14-10(5-7-20-14)13(18-3)12-11(17)8-9(2)21-15(12)16;2*1-2/h1,5,7-8H,6H2,2-3H3;2*1-2H3. The van der Waals surface area contributed by atoms with Crippen LogP contribution in [0.25, 0.3) is 21.9 Å². The normalized spacial score (nSPS) is 9.48. The molecule has 0 saturated heterocycles. The van der Waals surface area contributed by atoms with E-state index in [0.717, 1.165) is 0 Å². The maximum absolute atomic E-state index is 12.3. The van der Waals surface area contributed by atoms with Crippen molar-refractivity contribution in [3.63, 3.8) is 0 Å². The number of hydrogen-bond donors (Lipinski definition) is 0. The molecule has 0 unspecified atom stereocenters. The van der Waals surface area contributed by atoms with Gasteiger partial charge in [-0.05, 0) is 13.0 Å². The fourth-order valence-corrected chi connectivity index (χ4v) is 2.34. The molecule has 25 heavy (non-hydrogen) atoms. The summed E-state index contributed by atoms with van der Waals surface area (Å²) in [6.45, 7) is 9.72. The van der Waals surface area contributed by atoms with Gasteiger partial charge in [-0.15, -0.1) is 6.42 Å². The van der Waals surface area contributed by atoms with Crippen molar-refractivity contribution in [1.82, 2.24) is 0 Å². The minimum atomic E-state index is -0.209. The number of hydrogen-bond acceptors (Lipinski definition) is 5. The second-order valence-corrected chi connectivity index (χ2v) is 4.44. The van der Waals surface area contributed by atoms with Crippen molar-refractivity contribution in [3.05, 3.63) is 34.4 Å². The zero-order valence-electron chi connectivity index (χ0n) is 15.6. The molecule has 134 valence electrons. The van der Waals surface area contributed by atoms with Crippen molar-refractivity contribution in [1.29, 1.82) is 0 Å². The van der Waals surface area contributed by atoms with Gasteiger partial charge in [-0.2, -0.15) is 0 Å². The Morgan fingerprint density at radius 3 is 2.44 bits per heavy atom. The van der Waals surface area contributed by atoms with Crippen LogP contribution in [0.15, 0.2) is 32.0 Å². The molecule has 0 spiro atoms. The smallest absolute Gasteiger partial charge is 0.207 e. The predicted molar refractivity (Wildman–Crippen MR) is 101 cm³/mol. The summed E-state index contributed by atoms with van der Waals surface area (Å²) < 4.78 is 22.0. The van der Waals surface area contributed by atoms with Crippen LogP contribution < -0.4 is 14.9 Å². The first-order chi connectivity index (χ1) is 12.2. The molecule has 2 heterocycles. The van der Waals surface area contributed by atoms with Gasteiger partial charge in [-0.1, -0.05) is 33.6 Å². The Bertz CT molecular complexity index is 925. The zero-order valence-corrected chi connectivity index (χ0v) is 15.6. The number of ether oxygens (including phenoxy) is 2. The fourth-order valence-electron chi connectivity index (χ4n) is 2.34. The van der Waals surface area contributed by atoms with Crippen molar-refractivity contribution in [2.45, 2.75) is 34.6 Å². The summed E-state index contributed by atoms with van der Waals surface area (Å²) in [4.78, 5) is 12.3. The molecule has 0 fully saturated rings. The van der Waals surface area contributed by atoms with Crippen molar-refractivity contribution in [2.75, 3.05) is 13.7 Å². The van der Waals surface area contributed by atoms with Crippen LogP contribution in [0.3, 0.4) is 0 Å². The van der Waals surface area contributed by atoms with Gasteiger partial charge < -0.3 is 18.3 Å². The lowest BCUT2D eigenvalue weighted by atomic mass is 10.1. The van der Waals surface area contributed by atoms with Gasteiger partial charge in [0.05, 0.1) is 18.8 Å². The number of terminal acetylenes is 1. The summed E-state index contributed by atoms with van der Waals surface area (Å²) in [7, 11) is 1.49. The fraction of sp³-hybridized carbons (Fsp3) is 0.350. The topological polar surface area (TPSA) is 61.8 Å². The largest absolute Gasteiger partial charge is 0.495 e. The highest BCUT2D eigenvalue weighted by atomic mass is 16.5. The average molecular weight is 344 g/mol. The molecule has 1 aromatic carbocycles. The predicted octanol–water partition coefficient (Wildman–Crippen LogP) is 4.92. The molecule has 0 N–H and O–H groups in total. The summed E-state index contributed by atoms with van der Waals surface area (Å²) in [6, 6.07) is 3.11. The molecule has 0 atom stereocenters. The monoisotopic (exact) mass is 344 g/mol. The molecule has 3 rings (SSSR count). The summed E-state index contributed by atoms with van der Waals surface area (Å²) in [6.07, 6.45) is 6.73. The molecule has 0 bridgehead atoms. The second-order valence-electron chi connectivity index (χ2n) is 4.44. The molecule has 0 aliphatic heterocycles. The highest BCUT2D eigenvalue weighted by Crippen LogP contribution is 2.42. The highest BCUT2D eigenvalue weighted by Gasteiger charge is 2.22. The maximum Gasteiger partial charge on any atom is 0.207 e. The Morgan fingerprint density at radius 2 is 1.84 bits per heavy atom. The molecular weight excluding hydrogens is 320 g/mol. The quantitative estimate of drug-likeness (QED) is 0.631. The summed E-state index contributed by atoms with van der Waals surface area (Å²) in [5.41, 5.74) is 0.497. The molecule has 0 amide bonds. The van der Waals surface area contributed by atoms with Crippen molar-refractivity contribution in [2.24, 2.45) is 0 Å². The van der Waals surface area contributed by atoms with Crippen LogP contribution in [-0.2, 0) is 0 Å². The number of fused-ring (bicyclic) bond motifs is 2.